The standard InChI is InChI=1S/C19H23ClN4O4S/c1-21-9-11-23(12-10-21)29(27,28)17-7-8-18(19(13-17)24(25)26)22(2)14-15-3-5-16(20)6-4-15/h3-8,13H,9-12,14H2,1-2H3. The minimum atomic E-state index is -3.78. The van der Waals surface area contributed by atoms with Crippen molar-refractivity contribution in [2.45, 2.75) is 11.4 Å². The molecule has 0 aromatic heterocycles. The maximum atomic E-state index is 12.9. The fourth-order valence-corrected chi connectivity index (χ4v) is 4.83. The number of likely N-dealkylation sites (N-methyl/N-ethyl adjacent to an activating group) is 1. The normalized spacial score (nSPS) is 16.0. The third kappa shape index (κ3) is 4.87. The van der Waals surface area contributed by atoms with Gasteiger partial charge in [-0.05, 0) is 36.9 Å². The van der Waals surface area contributed by atoms with E-state index in [2.05, 4.69) is 0 Å². The molecular formula is C19H23ClN4O4S. The SMILES string of the molecule is CN1CCN(S(=O)(=O)c2ccc(N(C)Cc3ccc(Cl)cc3)c([N+](=O)[O-])c2)CC1. The molecule has 0 radical (unpaired) electrons. The van der Waals surface area contributed by atoms with Crippen molar-refractivity contribution in [2.24, 2.45) is 0 Å². The summed E-state index contributed by atoms with van der Waals surface area (Å²) in [6.45, 7) is 2.41. The van der Waals surface area contributed by atoms with Gasteiger partial charge in [0.25, 0.3) is 5.69 Å². The Morgan fingerprint density at radius 3 is 2.31 bits per heavy atom. The van der Waals surface area contributed by atoms with Gasteiger partial charge in [0, 0.05) is 50.9 Å². The van der Waals surface area contributed by atoms with Crippen molar-refractivity contribution in [2.75, 3.05) is 45.2 Å². The summed E-state index contributed by atoms with van der Waals surface area (Å²) < 4.78 is 27.2. The van der Waals surface area contributed by atoms with E-state index in [-0.39, 0.29) is 10.6 Å². The number of piperazine rings is 1. The fourth-order valence-electron chi connectivity index (χ4n) is 3.26. The smallest absolute Gasteiger partial charge is 0.293 e. The van der Waals surface area contributed by atoms with Crippen LogP contribution in [0.2, 0.25) is 5.02 Å². The van der Waals surface area contributed by atoms with Crippen LogP contribution in [0.1, 0.15) is 5.56 Å². The highest BCUT2D eigenvalue weighted by molar-refractivity contribution is 7.89. The zero-order valence-electron chi connectivity index (χ0n) is 16.3. The number of rotatable bonds is 6. The molecule has 0 atom stereocenters. The van der Waals surface area contributed by atoms with E-state index < -0.39 is 14.9 Å². The molecule has 10 heteroatoms. The van der Waals surface area contributed by atoms with E-state index in [0.717, 1.165) is 11.6 Å². The number of nitrogens with zero attached hydrogens (tertiary/aromatic N) is 4. The van der Waals surface area contributed by atoms with E-state index in [1.54, 1.807) is 24.1 Å². The Morgan fingerprint density at radius 1 is 1.10 bits per heavy atom. The first-order valence-corrected chi connectivity index (χ1v) is 10.9. The summed E-state index contributed by atoms with van der Waals surface area (Å²) in [6.07, 6.45) is 0. The van der Waals surface area contributed by atoms with E-state index >= 15 is 0 Å². The Balaban J connectivity index is 1.88. The molecule has 8 nitrogen and oxygen atoms in total. The van der Waals surface area contributed by atoms with Crippen LogP contribution in [0.25, 0.3) is 0 Å². The number of sulfonamides is 1. The summed E-state index contributed by atoms with van der Waals surface area (Å²) in [5.41, 5.74) is 1.04. The summed E-state index contributed by atoms with van der Waals surface area (Å²) in [5, 5.41) is 12.3. The molecule has 156 valence electrons. The van der Waals surface area contributed by atoms with Crippen molar-refractivity contribution >= 4 is 33.0 Å². The van der Waals surface area contributed by atoms with Crippen molar-refractivity contribution in [1.82, 2.24) is 9.21 Å². The molecule has 0 spiro atoms. The molecule has 0 amide bonds. The predicted molar refractivity (Wildman–Crippen MR) is 113 cm³/mol. The molecule has 0 N–H and O–H groups in total. The van der Waals surface area contributed by atoms with Gasteiger partial charge >= 0.3 is 0 Å². The number of benzene rings is 2. The molecule has 2 aromatic rings. The van der Waals surface area contributed by atoms with Crippen molar-refractivity contribution in [1.29, 1.82) is 0 Å². The molecule has 1 heterocycles. The topological polar surface area (TPSA) is 87.0 Å². The van der Waals surface area contributed by atoms with Gasteiger partial charge in [0.05, 0.1) is 9.82 Å². The summed E-state index contributed by atoms with van der Waals surface area (Å²) in [6, 6.07) is 11.3. The second-order valence-electron chi connectivity index (χ2n) is 7.10. The molecule has 0 bridgehead atoms. The Kier molecular flexibility index (Phi) is 6.42. The summed E-state index contributed by atoms with van der Waals surface area (Å²) in [5.74, 6) is 0. The van der Waals surface area contributed by atoms with E-state index in [4.69, 9.17) is 11.6 Å². The third-order valence-electron chi connectivity index (χ3n) is 4.99. The lowest BCUT2D eigenvalue weighted by Gasteiger charge is -2.31. The molecule has 0 unspecified atom stereocenters. The zero-order valence-corrected chi connectivity index (χ0v) is 17.9. The van der Waals surface area contributed by atoms with Gasteiger partial charge in [-0.3, -0.25) is 10.1 Å². The van der Waals surface area contributed by atoms with Gasteiger partial charge in [-0.15, -0.1) is 0 Å². The molecule has 1 aliphatic heterocycles. The Bertz CT molecular complexity index is 990. The van der Waals surface area contributed by atoms with E-state index in [9.17, 15) is 18.5 Å². The highest BCUT2D eigenvalue weighted by Crippen LogP contribution is 2.32. The number of anilines is 1. The first kappa shape index (κ1) is 21.5. The largest absolute Gasteiger partial charge is 0.365 e. The van der Waals surface area contributed by atoms with Gasteiger partial charge in [0.2, 0.25) is 10.0 Å². The van der Waals surface area contributed by atoms with Gasteiger partial charge < -0.3 is 9.80 Å². The Labute approximate surface area is 175 Å². The minimum absolute atomic E-state index is 0.0580. The minimum Gasteiger partial charge on any atom is -0.365 e. The second kappa shape index (κ2) is 8.66. The Hall–Kier alpha value is -2.20. The summed E-state index contributed by atoms with van der Waals surface area (Å²) >= 11 is 5.90. The van der Waals surface area contributed by atoms with Gasteiger partial charge in [0.1, 0.15) is 5.69 Å². The molecular weight excluding hydrogens is 416 g/mol. The fraction of sp³-hybridized carbons (Fsp3) is 0.368. The Morgan fingerprint density at radius 2 is 1.72 bits per heavy atom. The number of hydrogen-bond acceptors (Lipinski definition) is 6. The maximum Gasteiger partial charge on any atom is 0.293 e. The monoisotopic (exact) mass is 438 g/mol. The van der Waals surface area contributed by atoms with Crippen LogP contribution in [0.3, 0.4) is 0 Å². The molecule has 3 rings (SSSR count). The quantitative estimate of drug-likeness (QED) is 0.509. The van der Waals surface area contributed by atoms with Gasteiger partial charge in [-0.25, -0.2) is 8.42 Å². The molecule has 0 saturated carbocycles. The van der Waals surface area contributed by atoms with Crippen molar-refractivity contribution in [3.63, 3.8) is 0 Å². The maximum absolute atomic E-state index is 12.9. The number of nitro groups is 1. The molecule has 0 aliphatic carbocycles. The van der Waals surface area contributed by atoms with Gasteiger partial charge in [-0.1, -0.05) is 23.7 Å². The van der Waals surface area contributed by atoms with E-state index in [1.807, 2.05) is 24.1 Å². The number of nitro benzene ring substituents is 1. The molecule has 29 heavy (non-hydrogen) atoms. The van der Waals surface area contributed by atoms with Crippen LogP contribution in [0.15, 0.2) is 47.4 Å². The third-order valence-corrected chi connectivity index (χ3v) is 7.13. The molecule has 1 aliphatic rings. The summed E-state index contributed by atoms with van der Waals surface area (Å²) in [7, 11) is -0.120. The van der Waals surface area contributed by atoms with Crippen LogP contribution < -0.4 is 4.90 Å². The van der Waals surface area contributed by atoms with Crippen LogP contribution in [0.5, 0.6) is 0 Å². The van der Waals surface area contributed by atoms with Crippen LogP contribution in [0.4, 0.5) is 11.4 Å². The first-order chi connectivity index (χ1) is 13.7. The lowest BCUT2D eigenvalue weighted by Crippen LogP contribution is -2.47. The van der Waals surface area contributed by atoms with Crippen molar-refractivity contribution in [3.05, 3.63) is 63.2 Å². The van der Waals surface area contributed by atoms with Crippen LogP contribution >= 0.6 is 11.6 Å². The number of halogens is 1. The highest BCUT2D eigenvalue weighted by atomic mass is 35.5. The average Bonchev–Trinajstić information content (AvgIpc) is 2.69. The van der Waals surface area contributed by atoms with Crippen molar-refractivity contribution in [3.8, 4) is 0 Å². The van der Waals surface area contributed by atoms with Crippen molar-refractivity contribution < 1.29 is 13.3 Å². The highest BCUT2D eigenvalue weighted by Gasteiger charge is 2.30. The first-order valence-electron chi connectivity index (χ1n) is 9.11. The van der Waals surface area contributed by atoms with Crippen LogP contribution in [-0.2, 0) is 16.6 Å². The van der Waals surface area contributed by atoms with Gasteiger partial charge in [-0.2, -0.15) is 4.31 Å². The lowest BCUT2D eigenvalue weighted by molar-refractivity contribution is -0.384. The van der Waals surface area contributed by atoms with E-state index in [1.165, 1.54) is 16.4 Å². The van der Waals surface area contributed by atoms with Gasteiger partial charge in [0.15, 0.2) is 0 Å². The predicted octanol–water partition coefficient (Wildman–Crippen LogP) is 2.82. The summed E-state index contributed by atoms with van der Waals surface area (Å²) in [4.78, 5) is 14.8. The van der Waals surface area contributed by atoms with Crippen LogP contribution in [-0.4, -0.2) is 62.8 Å². The molecule has 2 aromatic carbocycles. The zero-order chi connectivity index (χ0) is 21.2. The number of hydrogen-bond donors (Lipinski definition) is 0. The lowest BCUT2D eigenvalue weighted by atomic mass is 10.2. The second-order valence-corrected chi connectivity index (χ2v) is 9.47. The molecule has 1 fully saturated rings. The van der Waals surface area contributed by atoms with Crippen LogP contribution in [0, 0.1) is 10.1 Å². The van der Waals surface area contributed by atoms with E-state index in [0.29, 0.717) is 43.4 Å². The molecule has 1 saturated heterocycles. The average molecular weight is 439 g/mol.